The second-order valence-corrected chi connectivity index (χ2v) is 4.27. The highest BCUT2D eigenvalue weighted by Crippen LogP contribution is 1.98. The van der Waals surface area contributed by atoms with Crippen LogP contribution >= 0.6 is 0 Å². The molecule has 0 aliphatic rings. The molecule has 0 saturated heterocycles. The van der Waals surface area contributed by atoms with Crippen LogP contribution in [0.1, 0.15) is 37.6 Å². The van der Waals surface area contributed by atoms with E-state index in [9.17, 15) is 9.59 Å². The summed E-state index contributed by atoms with van der Waals surface area (Å²) in [5, 5.41) is 3.94. The predicted molar refractivity (Wildman–Crippen MR) is 77.4 cm³/mol. The molecule has 0 radical (unpaired) electrons. The van der Waals surface area contributed by atoms with Crippen LogP contribution in [0.5, 0.6) is 0 Å². The molecule has 6 nitrogen and oxygen atoms in total. The summed E-state index contributed by atoms with van der Waals surface area (Å²) in [4.78, 5) is 29.2. The standard InChI is InChI=1S/C14H20N4O2/c1-4-18(5-2)13(19)10-11(3)16-17-14(20)12-6-8-15-9-7-12/h6-9H,4-5,10H2,1-3H3,(H,17,20). The molecule has 108 valence electrons. The SMILES string of the molecule is CCN(CC)C(=O)CC(C)=NNC(=O)c1ccncc1. The number of hydrazone groups is 1. The molecule has 0 aromatic carbocycles. The molecule has 2 amide bonds. The molecule has 0 unspecified atom stereocenters. The van der Waals surface area contributed by atoms with Crippen LogP contribution in [-0.2, 0) is 4.79 Å². The number of hydrogen-bond acceptors (Lipinski definition) is 4. The molecule has 0 bridgehead atoms. The van der Waals surface area contributed by atoms with Crippen LogP contribution in [0.25, 0.3) is 0 Å². The molecule has 1 rings (SSSR count). The monoisotopic (exact) mass is 276 g/mol. The first-order valence-corrected chi connectivity index (χ1v) is 6.59. The molecule has 20 heavy (non-hydrogen) atoms. The summed E-state index contributed by atoms with van der Waals surface area (Å²) < 4.78 is 0. The fourth-order valence-electron chi connectivity index (χ4n) is 1.66. The highest BCUT2D eigenvalue weighted by atomic mass is 16.2. The van der Waals surface area contributed by atoms with Gasteiger partial charge in [0.1, 0.15) is 0 Å². The summed E-state index contributed by atoms with van der Waals surface area (Å²) in [6.45, 7) is 6.92. The zero-order valence-corrected chi connectivity index (χ0v) is 12.1. The van der Waals surface area contributed by atoms with Crippen LogP contribution < -0.4 is 5.43 Å². The lowest BCUT2D eigenvalue weighted by Crippen LogP contribution is -2.32. The second-order valence-electron chi connectivity index (χ2n) is 4.27. The lowest BCUT2D eigenvalue weighted by Gasteiger charge is -2.18. The quantitative estimate of drug-likeness (QED) is 0.631. The third kappa shape index (κ3) is 4.79. The van der Waals surface area contributed by atoms with Crippen LogP contribution in [0, 0.1) is 0 Å². The first kappa shape index (κ1) is 15.8. The maximum absolute atomic E-state index is 11.9. The molecule has 1 N–H and O–H groups in total. The summed E-state index contributed by atoms with van der Waals surface area (Å²) in [5.41, 5.74) is 3.48. The fourth-order valence-corrected chi connectivity index (χ4v) is 1.66. The van der Waals surface area contributed by atoms with Crippen molar-refractivity contribution >= 4 is 17.5 Å². The third-order valence-electron chi connectivity index (χ3n) is 2.81. The Kier molecular flexibility index (Phi) is 6.36. The number of hydrogen-bond donors (Lipinski definition) is 1. The molecule has 0 aliphatic carbocycles. The Labute approximate surface area is 118 Å². The van der Waals surface area contributed by atoms with Gasteiger partial charge in [-0.25, -0.2) is 5.43 Å². The summed E-state index contributed by atoms with van der Waals surface area (Å²) in [6.07, 6.45) is 3.28. The van der Waals surface area contributed by atoms with Gasteiger partial charge in [0, 0.05) is 36.8 Å². The first-order valence-electron chi connectivity index (χ1n) is 6.59. The van der Waals surface area contributed by atoms with Gasteiger partial charge in [0.2, 0.25) is 5.91 Å². The summed E-state index contributed by atoms with van der Waals surface area (Å²) in [5.74, 6) is -0.309. The third-order valence-corrected chi connectivity index (χ3v) is 2.81. The average molecular weight is 276 g/mol. The van der Waals surface area contributed by atoms with Crippen LogP contribution in [0.3, 0.4) is 0 Å². The molecule has 0 spiro atoms. The predicted octanol–water partition coefficient (Wildman–Crippen LogP) is 1.45. The lowest BCUT2D eigenvalue weighted by molar-refractivity contribution is -0.129. The average Bonchev–Trinajstić information content (AvgIpc) is 2.47. The number of amides is 2. The number of aromatic nitrogens is 1. The van der Waals surface area contributed by atoms with Gasteiger partial charge in [-0.3, -0.25) is 14.6 Å². The van der Waals surface area contributed by atoms with Gasteiger partial charge >= 0.3 is 0 Å². The van der Waals surface area contributed by atoms with Crippen molar-refractivity contribution in [3.63, 3.8) is 0 Å². The van der Waals surface area contributed by atoms with Gasteiger partial charge in [-0.15, -0.1) is 0 Å². The van der Waals surface area contributed by atoms with Crippen molar-refractivity contribution in [3.8, 4) is 0 Å². The molecule has 1 heterocycles. The van der Waals surface area contributed by atoms with Gasteiger partial charge in [0.05, 0.1) is 6.42 Å². The molecular weight excluding hydrogens is 256 g/mol. The van der Waals surface area contributed by atoms with Gasteiger partial charge in [-0.05, 0) is 32.9 Å². The van der Waals surface area contributed by atoms with E-state index >= 15 is 0 Å². The maximum atomic E-state index is 11.9. The van der Waals surface area contributed by atoms with E-state index < -0.39 is 0 Å². The number of carbonyl (C=O) groups excluding carboxylic acids is 2. The number of nitrogens with zero attached hydrogens (tertiary/aromatic N) is 3. The first-order chi connectivity index (χ1) is 9.58. The fraction of sp³-hybridized carbons (Fsp3) is 0.429. The van der Waals surface area contributed by atoms with Gasteiger partial charge in [0.25, 0.3) is 5.91 Å². The van der Waals surface area contributed by atoms with Crippen LogP contribution in [0.2, 0.25) is 0 Å². The van der Waals surface area contributed by atoms with Crippen molar-refractivity contribution in [1.29, 1.82) is 0 Å². The van der Waals surface area contributed by atoms with Crippen molar-refractivity contribution in [2.24, 2.45) is 5.10 Å². The smallest absolute Gasteiger partial charge is 0.271 e. The van der Waals surface area contributed by atoms with E-state index in [-0.39, 0.29) is 18.2 Å². The molecular formula is C14H20N4O2. The minimum atomic E-state index is -0.318. The molecule has 1 aromatic rings. The van der Waals surface area contributed by atoms with Crippen molar-refractivity contribution in [2.45, 2.75) is 27.2 Å². The van der Waals surface area contributed by atoms with Gasteiger partial charge < -0.3 is 4.90 Å². The van der Waals surface area contributed by atoms with E-state index in [1.807, 2.05) is 13.8 Å². The van der Waals surface area contributed by atoms with E-state index in [0.29, 0.717) is 24.4 Å². The Balaban J connectivity index is 2.54. The summed E-state index contributed by atoms with van der Waals surface area (Å²) in [6, 6.07) is 3.20. The molecule has 0 aliphatic heterocycles. The van der Waals surface area contributed by atoms with E-state index in [1.165, 1.54) is 12.4 Å². The highest BCUT2D eigenvalue weighted by Gasteiger charge is 2.11. The molecule has 0 fully saturated rings. The Morgan fingerprint density at radius 2 is 1.85 bits per heavy atom. The largest absolute Gasteiger partial charge is 0.343 e. The van der Waals surface area contributed by atoms with Gasteiger partial charge in [0.15, 0.2) is 0 Å². The van der Waals surface area contributed by atoms with Crippen molar-refractivity contribution in [1.82, 2.24) is 15.3 Å². The van der Waals surface area contributed by atoms with Crippen LogP contribution in [-0.4, -0.2) is 40.5 Å². The Morgan fingerprint density at radius 3 is 2.40 bits per heavy atom. The lowest BCUT2D eigenvalue weighted by atomic mass is 10.2. The number of rotatable bonds is 6. The molecule has 0 saturated carbocycles. The van der Waals surface area contributed by atoms with Crippen molar-refractivity contribution in [3.05, 3.63) is 30.1 Å². The highest BCUT2D eigenvalue weighted by molar-refractivity contribution is 6.01. The van der Waals surface area contributed by atoms with E-state index in [4.69, 9.17) is 0 Å². The number of nitrogens with one attached hydrogen (secondary N) is 1. The zero-order valence-electron chi connectivity index (χ0n) is 12.1. The van der Waals surface area contributed by atoms with Gasteiger partial charge in [-0.2, -0.15) is 5.10 Å². The van der Waals surface area contributed by atoms with Crippen LogP contribution in [0.4, 0.5) is 0 Å². The van der Waals surface area contributed by atoms with Crippen molar-refractivity contribution < 1.29 is 9.59 Å². The van der Waals surface area contributed by atoms with Gasteiger partial charge in [-0.1, -0.05) is 0 Å². The molecule has 0 atom stereocenters. The Hall–Kier alpha value is -2.24. The number of pyridine rings is 1. The summed E-state index contributed by atoms with van der Waals surface area (Å²) in [7, 11) is 0. The summed E-state index contributed by atoms with van der Waals surface area (Å²) >= 11 is 0. The topological polar surface area (TPSA) is 74.7 Å². The van der Waals surface area contributed by atoms with E-state index in [0.717, 1.165) is 0 Å². The molecule has 6 heteroatoms. The van der Waals surface area contributed by atoms with Crippen molar-refractivity contribution in [2.75, 3.05) is 13.1 Å². The minimum Gasteiger partial charge on any atom is -0.343 e. The number of carbonyl (C=O) groups is 2. The Morgan fingerprint density at radius 1 is 1.25 bits per heavy atom. The minimum absolute atomic E-state index is 0.00871. The molecule has 1 aromatic heterocycles. The normalized spacial score (nSPS) is 11.1. The van der Waals surface area contributed by atoms with E-state index in [2.05, 4.69) is 15.5 Å². The maximum Gasteiger partial charge on any atom is 0.271 e. The van der Waals surface area contributed by atoms with E-state index in [1.54, 1.807) is 24.0 Å². The Bertz CT molecular complexity index is 481. The zero-order chi connectivity index (χ0) is 15.0. The second kappa shape index (κ2) is 8.04. The van der Waals surface area contributed by atoms with Crippen LogP contribution in [0.15, 0.2) is 29.6 Å².